The van der Waals surface area contributed by atoms with E-state index >= 15 is 0 Å². The summed E-state index contributed by atoms with van der Waals surface area (Å²) in [5.74, 6) is 1.58. The molecule has 0 saturated carbocycles. The van der Waals surface area contributed by atoms with E-state index in [9.17, 15) is 0 Å². The van der Waals surface area contributed by atoms with Crippen molar-refractivity contribution in [2.24, 2.45) is 5.92 Å². The van der Waals surface area contributed by atoms with E-state index in [2.05, 4.69) is 19.2 Å². The zero-order chi connectivity index (χ0) is 8.53. The van der Waals surface area contributed by atoms with E-state index in [1.54, 1.807) is 0 Å². The van der Waals surface area contributed by atoms with Crippen LogP contribution in [0.3, 0.4) is 0 Å². The van der Waals surface area contributed by atoms with E-state index in [1.807, 2.05) is 0 Å². The number of nitrogens with one attached hydrogen (secondary N) is 1. The van der Waals surface area contributed by atoms with Gasteiger partial charge >= 0.3 is 0 Å². The summed E-state index contributed by atoms with van der Waals surface area (Å²) < 4.78 is 0. The van der Waals surface area contributed by atoms with Crippen molar-refractivity contribution >= 4 is 11.6 Å². The van der Waals surface area contributed by atoms with Crippen LogP contribution in [0.1, 0.15) is 33.1 Å². The highest BCUT2D eigenvalue weighted by atomic mass is 35.5. The van der Waals surface area contributed by atoms with Gasteiger partial charge in [0.1, 0.15) is 0 Å². The Kier molecular flexibility index (Phi) is 8.54. The molecule has 0 aromatic carbocycles. The molecule has 0 aromatic rings. The van der Waals surface area contributed by atoms with Gasteiger partial charge in [-0.15, -0.1) is 11.6 Å². The fourth-order valence-corrected chi connectivity index (χ4v) is 1.10. The van der Waals surface area contributed by atoms with E-state index in [0.717, 1.165) is 31.3 Å². The van der Waals surface area contributed by atoms with Crippen LogP contribution in [0.5, 0.6) is 0 Å². The molecule has 11 heavy (non-hydrogen) atoms. The van der Waals surface area contributed by atoms with Crippen molar-refractivity contribution in [3.63, 3.8) is 0 Å². The Labute approximate surface area is 75.5 Å². The van der Waals surface area contributed by atoms with E-state index in [0.29, 0.717) is 0 Å². The number of hydrogen-bond acceptors (Lipinski definition) is 1. The lowest BCUT2D eigenvalue weighted by atomic mass is 10.2. The zero-order valence-corrected chi connectivity index (χ0v) is 8.45. The van der Waals surface area contributed by atoms with Gasteiger partial charge in [-0.2, -0.15) is 0 Å². The molecule has 0 radical (unpaired) electrons. The first-order valence-electron chi connectivity index (χ1n) is 4.54. The monoisotopic (exact) mass is 177 g/mol. The molecule has 0 fully saturated rings. The molecule has 0 saturated heterocycles. The third kappa shape index (κ3) is 10.2. The van der Waals surface area contributed by atoms with E-state index in [1.165, 1.54) is 12.8 Å². The molecule has 0 aliphatic heterocycles. The molecule has 2 heteroatoms. The van der Waals surface area contributed by atoms with Crippen molar-refractivity contribution in [3.8, 4) is 0 Å². The molecule has 0 unspecified atom stereocenters. The lowest BCUT2D eigenvalue weighted by Crippen LogP contribution is -2.20. The summed E-state index contributed by atoms with van der Waals surface area (Å²) in [4.78, 5) is 0. The minimum absolute atomic E-state index is 0.767. The Hall–Kier alpha value is 0.250. The van der Waals surface area contributed by atoms with Gasteiger partial charge in [-0.25, -0.2) is 0 Å². The maximum absolute atomic E-state index is 5.54. The Balaban J connectivity index is 2.80. The first-order chi connectivity index (χ1) is 5.27. The Morgan fingerprint density at radius 3 is 2.45 bits per heavy atom. The Morgan fingerprint density at radius 1 is 1.18 bits per heavy atom. The summed E-state index contributed by atoms with van der Waals surface area (Å²) in [7, 11) is 0. The third-order valence-electron chi connectivity index (χ3n) is 1.54. The Bertz CT molecular complexity index is 74.0. The van der Waals surface area contributed by atoms with Crippen LogP contribution in [-0.2, 0) is 0 Å². The standard InChI is InChI=1S/C9H20ClN/c1-9(2)8-11-7-5-3-4-6-10/h9,11H,3-8H2,1-2H3. The van der Waals surface area contributed by atoms with Crippen LogP contribution >= 0.6 is 11.6 Å². The summed E-state index contributed by atoms with van der Waals surface area (Å²) in [6.45, 7) is 6.74. The van der Waals surface area contributed by atoms with Crippen LogP contribution in [0.25, 0.3) is 0 Å². The van der Waals surface area contributed by atoms with Gasteiger partial charge in [0.15, 0.2) is 0 Å². The van der Waals surface area contributed by atoms with Gasteiger partial charge in [-0.3, -0.25) is 0 Å². The van der Waals surface area contributed by atoms with Gasteiger partial charge in [-0.05, 0) is 31.8 Å². The van der Waals surface area contributed by atoms with Crippen LogP contribution in [0.2, 0.25) is 0 Å². The van der Waals surface area contributed by atoms with E-state index < -0.39 is 0 Å². The highest BCUT2D eigenvalue weighted by Gasteiger charge is 1.91. The van der Waals surface area contributed by atoms with E-state index in [-0.39, 0.29) is 0 Å². The second-order valence-corrected chi connectivity index (χ2v) is 3.73. The summed E-state index contributed by atoms with van der Waals surface area (Å²) in [5.41, 5.74) is 0. The molecule has 0 amide bonds. The first kappa shape index (κ1) is 11.2. The van der Waals surface area contributed by atoms with Gasteiger partial charge in [0.05, 0.1) is 0 Å². The third-order valence-corrected chi connectivity index (χ3v) is 1.81. The van der Waals surface area contributed by atoms with Gasteiger partial charge in [-0.1, -0.05) is 20.3 Å². The maximum Gasteiger partial charge on any atom is 0.0223 e. The van der Waals surface area contributed by atoms with Gasteiger partial charge in [0, 0.05) is 5.88 Å². The molecule has 1 nitrogen and oxygen atoms in total. The fraction of sp³-hybridized carbons (Fsp3) is 1.00. The number of halogens is 1. The highest BCUT2D eigenvalue weighted by Crippen LogP contribution is 1.95. The maximum atomic E-state index is 5.54. The van der Waals surface area contributed by atoms with Crippen LogP contribution in [0.15, 0.2) is 0 Å². The van der Waals surface area contributed by atoms with Crippen molar-refractivity contribution in [1.29, 1.82) is 0 Å². The second kappa shape index (κ2) is 8.35. The topological polar surface area (TPSA) is 12.0 Å². The summed E-state index contributed by atoms with van der Waals surface area (Å²) in [6, 6.07) is 0. The predicted octanol–water partition coefficient (Wildman–Crippen LogP) is 2.64. The predicted molar refractivity (Wildman–Crippen MR) is 52.3 cm³/mol. The quantitative estimate of drug-likeness (QED) is 0.466. The summed E-state index contributed by atoms with van der Waals surface area (Å²) >= 11 is 5.54. The van der Waals surface area contributed by atoms with Gasteiger partial charge in [0.2, 0.25) is 0 Å². The molecule has 0 rings (SSSR count). The minimum Gasteiger partial charge on any atom is -0.316 e. The second-order valence-electron chi connectivity index (χ2n) is 3.35. The van der Waals surface area contributed by atoms with Crippen LogP contribution in [0, 0.1) is 5.92 Å². The lowest BCUT2D eigenvalue weighted by Gasteiger charge is -2.06. The smallest absolute Gasteiger partial charge is 0.0223 e. The van der Waals surface area contributed by atoms with Crippen LogP contribution in [-0.4, -0.2) is 19.0 Å². The number of unbranched alkanes of at least 4 members (excludes halogenated alkanes) is 2. The average Bonchev–Trinajstić information content (AvgIpc) is 1.96. The SMILES string of the molecule is CC(C)CNCCCCCCl. The average molecular weight is 178 g/mol. The van der Waals surface area contributed by atoms with Crippen molar-refractivity contribution in [2.75, 3.05) is 19.0 Å². The first-order valence-corrected chi connectivity index (χ1v) is 5.07. The number of alkyl halides is 1. The highest BCUT2D eigenvalue weighted by molar-refractivity contribution is 6.17. The molecule has 0 aliphatic carbocycles. The molecule has 0 heterocycles. The van der Waals surface area contributed by atoms with Crippen LogP contribution < -0.4 is 5.32 Å². The minimum atomic E-state index is 0.767. The number of rotatable bonds is 7. The molecule has 0 aromatic heterocycles. The summed E-state index contributed by atoms with van der Waals surface area (Å²) in [6.07, 6.45) is 3.68. The van der Waals surface area contributed by atoms with Crippen molar-refractivity contribution in [3.05, 3.63) is 0 Å². The largest absolute Gasteiger partial charge is 0.316 e. The number of hydrogen-bond donors (Lipinski definition) is 1. The molecular weight excluding hydrogens is 158 g/mol. The Morgan fingerprint density at radius 2 is 1.91 bits per heavy atom. The van der Waals surface area contributed by atoms with Crippen LogP contribution in [0.4, 0.5) is 0 Å². The molecule has 0 aliphatic rings. The van der Waals surface area contributed by atoms with E-state index in [4.69, 9.17) is 11.6 Å². The van der Waals surface area contributed by atoms with Gasteiger partial charge < -0.3 is 5.32 Å². The van der Waals surface area contributed by atoms with Gasteiger partial charge in [0.25, 0.3) is 0 Å². The van der Waals surface area contributed by atoms with Crippen molar-refractivity contribution < 1.29 is 0 Å². The fourth-order valence-electron chi connectivity index (χ4n) is 0.912. The zero-order valence-electron chi connectivity index (χ0n) is 7.70. The molecule has 0 bridgehead atoms. The molecule has 68 valence electrons. The molecule has 0 spiro atoms. The van der Waals surface area contributed by atoms with Crippen molar-refractivity contribution in [2.45, 2.75) is 33.1 Å². The summed E-state index contributed by atoms with van der Waals surface area (Å²) in [5, 5.41) is 3.40. The normalized spacial score (nSPS) is 10.9. The van der Waals surface area contributed by atoms with Crippen molar-refractivity contribution in [1.82, 2.24) is 5.32 Å². The molecular formula is C9H20ClN. The molecule has 0 atom stereocenters. The lowest BCUT2D eigenvalue weighted by molar-refractivity contribution is 0.534. The molecule has 1 N–H and O–H groups in total.